The van der Waals surface area contributed by atoms with Gasteiger partial charge in [0.2, 0.25) is 6.41 Å². The van der Waals surface area contributed by atoms with Gasteiger partial charge in [-0.2, -0.15) is 5.26 Å². The Morgan fingerprint density at radius 3 is 2.53 bits per heavy atom. The zero-order valence-corrected chi connectivity index (χ0v) is 22.0. The number of amides is 2. The highest BCUT2D eigenvalue weighted by atomic mass is 19.1. The molecule has 1 aliphatic rings. The van der Waals surface area contributed by atoms with Crippen LogP contribution in [0.5, 0.6) is 0 Å². The van der Waals surface area contributed by atoms with Crippen molar-refractivity contribution in [2.45, 2.75) is 59.8 Å². The fourth-order valence-electron chi connectivity index (χ4n) is 3.45. The van der Waals surface area contributed by atoms with E-state index in [1.807, 2.05) is 24.3 Å². The number of nitrogens with zero attached hydrogens (tertiary/aromatic N) is 1. The minimum Gasteiger partial charge on any atom is -0.381 e. The van der Waals surface area contributed by atoms with E-state index in [4.69, 9.17) is 10.00 Å². The highest BCUT2D eigenvalue weighted by Gasteiger charge is 2.16. The third kappa shape index (κ3) is 11.5. The summed E-state index contributed by atoms with van der Waals surface area (Å²) in [7, 11) is 0. The third-order valence-corrected chi connectivity index (χ3v) is 5.83. The van der Waals surface area contributed by atoms with Gasteiger partial charge in [0.1, 0.15) is 12.4 Å². The Morgan fingerprint density at radius 2 is 1.92 bits per heavy atom. The number of benzene rings is 2. The van der Waals surface area contributed by atoms with Crippen LogP contribution < -0.4 is 10.6 Å². The van der Waals surface area contributed by atoms with Crippen LogP contribution in [0.25, 0.3) is 11.1 Å². The van der Waals surface area contributed by atoms with Gasteiger partial charge in [-0.15, -0.1) is 0 Å². The fraction of sp³-hybridized carbons (Fsp3) is 0.483. The normalized spacial score (nSPS) is 12.4. The van der Waals surface area contributed by atoms with E-state index >= 15 is 0 Å². The second kappa shape index (κ2) is 18.1. The molecule has 2 aromatic rings. The molecule has 2 aromatic carbocycles. The van der Waals surface area contributed by atoms with Crippen molar-refractivity contribution >= 4 is 12.3 Å². The first-order valence-corrected chi connectivity index (χ1v) is 12.7. The Balaban J connectivity index is 0.000000324. The van der Waals surface area contributed by atoms with Crippen molar-refractivity contribution in [2.75, 3.05) is 26.3 Å². The summed E-state index contributed by atoms with van der Waals surface area (Å²) in [4.78, 5) is 21.0. The summed E-state index contributed by atoms with van der Waals surface area (Å²) >= 11 is 0. The van der Waals surface area contributed by atoms with Gasteiger partial charge >= 0.3 is 0 Å². The Labute approximate surface area is 215 Å². The first-order valence-electron chi connectivity index (χ1n) is 12.7. The summed E-state index contributed by atoms with van der Waals surface area (Å²) in [5, 5.41) is 12.7. The SMILES string of the molecule is CCCOCCCC(C)CC.Cc1ccc(-c2ccc3c(c2)CCNC3=O)cc1F.N#CCNC=O. The number of aryl methyl sites for hydroxylation is 1. The molecule has 1 aliphatic heterocycles. The zero-order chi connectivity index (χ0) is 26.8. The monoisotopic (exact) mass is 497 g/mol. The molecule has 0 radical (unpaired) electrons. The van der Waals surface area contributed by atoms with Crippen molar-refractivity contribution in [1.82, 2.24) is 10.6 Å². The second-order valence-electron chi connectivity index (χ2n) is 8.77. The van der Waals surface area contributed by atoms with E-state index in [0.29, 0.717) is 18.5 Å². The summed E-state index contributed by atoms with van der Waals surface area (Å²) in [5.41, 5.74) is 4.19. The molecule has 0 saturated carbocycles. The molecule has 196 valence electrons. The van der Waals surface area contributed by atoms with Crippen LogP contribution in [0.4, 0.5) is 4.39 Å². The molecule has 2 N–H and O–H groups in total. The standard InChI is InChI=1S/C16H14FNO.C10H22O.C3H4N2O/c1-10-2-3-12(9-15(10)17)11-4-5-14-13(8-11)6-7-18-16(14)19;1-4-8-11-9-6-7-10(3)5-2;4-1-2-5-3-6/h2-5,8-9H,6-7H2,1H3,(H,18,19);10H,4-9H2,1-3H3;3H,2H2,(H,5,6). The van der Waals surface area contributed by atoms with Gasteiger partial charge < -0.3 is 15.4 Å². The van der Waals surface area contributed by atoms with Crippen molar-refractivity contribution in [3.8, 4) is 17.2 Å². The quantitative estimate of drug-likeness (QED) is 0.255. The molecular weight excluding hydrogens is 457 g/mol. The van der Waals surface area contributed by atoms with Crippen LogP contribution in [0, 0.1) is 30.0 Å². The largest absolute Gasteiger partial charge is 0.381 e. The van der Waals surface area contributed by atoms with E-state index < -0.39 is 0 Å². The van der Waals surface area contributed by atoms with Crippen molar-refractivity contribution < 1.29 is 18.7 Å². The molecule has 2 amide bonds. The number of carbonyl (C=O) groups excluding carboxylic acids is 2. The van der Waals surface area contributed by atoms with Crippen molar-refractivity contribution in [1.29, 1.82) is 5.26 Å². The Morgan fingerprint density at radius 1 is 1.19 bits per heavy atom. The zero-order valence-electron chi connectivity index (χ0n) is 22.0. The maximum Gasteiger partial charge on any atom is 0.251 e. The van der Waals surface area contributed by atoms with Crippen LogP contribution in [0.1, 0.15) is 67.9 Å². The van der Waals surface area contributed by atoms with Crippen LogP contribution in [-0.2, 0) is 16.0 Å². The van der Waals surface area contributed by atoms with Gasteiger partial charge in [0.25, 0.3) is 5.91 Å². The number of hydrogen-bond acceptors (Lipinski definition) is 4. The van der Waals surface area contributed by atoms with Crippen molar-refractivity contribution in [2.24, 2.45) is 5.92 Å². The van der Waals surface area contributed by atoms with Gasteiger partial charge in [-0.25, -0.2) is 4.39 Å². The van der Waals surface area contributed by atoms with Gasteiger partial charge in [-0.1, -0.05) is 51.5 Å². The lowest BCUT2D eigenvalue weighted by molar-refractivity contribution is -0.109. The van der Waals surface area contributed by atoms with E-state index in [2.05, 4.69) is 31.4 Å². The molecule has 3 rings (SSSR count). The number of halogens is 1. The van der Waals surface area contributed by atoms with Crippen LogP contribution in [0.2, 0.25) is 0 Å². The van der Waals surface area contributed by atoms with Crippen LogP contribution in [-0.4, -0.2) is 38.6 Å². The number of hydrogen-bond donors (Lipinski definition) is 2. The van der Waals surface area contributed by atoms with Crippen molar-refractivity contribution in [3.05, 3.63) is 58.9 Å². The first-order chi connectivity index (χ1) is 17.4. The fourth-order valence-corrected chi connectivity index (χ4v) is 3.45. The van der Waals surface area contributed by atoms with E-state index in [1.165, 1.54) is 19.3 Å². The lowest BCUT2D eigenvalue weighted by Crippen LogP contribution is -2.31. The summed E-state index contributed by atoms with van der Waals surface area (Å²) < 4.78 is 19.0. The predicted molar refractivity (Wildman–Crippen MR) is 142 cm³/mol. The molecule has 0 spiro atoms. The molecule has 7 heteroatoms. The summed E-state index contributed by atoms with van der Waals surface area (Å²) in [6, 6.07) is 12.6. The Kier molecular flexibility index (Phi) is 15.5. The lowest BCUT2D eigenvalue weighted by atomic mass is 9.94. The van der Waals surface area contributed by atoms with Gasteiger partial charge in [0.05, 0.1) is 6.07 Å². The maximum absolute atomic E-state index is 13.6. The molecule has 1 heterocycles. The van der Waals surface area contributed by atoms with E-state index in [0.717, 1.165) is 54.2 Å². The number of nitriles is 1. The number of fused-ring (bicyclic) bond motifs is 1. The molecule has 0 bridgehead atoms. The smallest absolute Gasteiger partial charge is 0.251 e. The number of rotatable bonds is 10. The van der Waals surface area contributed by atoms with Gasteiger partial charge in [-0.05, 0) is 72.9 Å². The first kappa shape index (κ1) is 30.8. The highest BCUT2D eigenvalue weighted by molar-refractivity contribution is 5.97. The molecular formula is C29H40FN3O3. The topological polar surface area (TPSA) is 91.2 Å². The summed E-state index contributed by atoms with van der Waals surface area (Å²) in [5.74, 6) is 0.649. The van der Waals surface area contributed by atoms with E-state index in [1.54, 1.807) is 25.1 Å². The second-order valence-corrected chi connectivity index (χ2v) is 8.77. The molecule has 0 fully saturated rings. The van der Waals surface area contributed by atoms with Crippen LogP contribution in [0.15, 0.2) is 36.4 Å². The third-order valence-electron chi connectivity index (χ3n) is 5.83. The van der Waals surface area contributed by atoms with Crippen LogP contribution in [0.3, 0.4) is 0 Å². The minimum absolute atomic E-state index is 0.0251. The number of carbonyl (C=O) groups is 2. The average molecular weight is 498 g/mol. The maximum atomic E-state index is 13.6. The highest BCUT2D eigenvalue weighted by Crippen LogP contribution is 2.25. The summed E-state index contributed by atoms with van der Waals surface area (Å²) in [6.45, 7) is 11.1. The van der Waals surface area contributed by atoms with Gasteiger partial charge in [0.15, 0.2) is 0 Å². The van der Waals surface area contributed by atoms with E-state index in [-0.39, 0.29) is 18.3 Å². The van der Waals surface area contributed by atoms with E-state index in [9.17, 15) is 14.0 Å². The molecule has 0 aliphatic carbocycles. The summed E-state index contributed by atoms with van der Waals surface area (Å²) in [6.07, 6.45) is 6.30. The lowest BCUT2D eigenvalue weighted by Gasteiger charge is -2.17. The van der Waals surface area contributed by atoms with Gasteiger partial charge in [0, 0.05) is 25.3 Å². The van der Waals surface area contributed by atoms with Crippen LogP contribution >= 0.6 is 0 Å². The molecule has 0 saturated heterocycles. The number of nitrogens with one attached hydrogen (secondary N) is 2. The molecule has 1 atom stereocenters. The van der Waals surface area contributed by atoms with Crippen molar-refractivity contribution in [3.63, 3.8) is 0 Å². The molecule has 1 unspecified atom stereocenters. The minimum atomic E-state index is -0.201. The number of ether oxygens (including phenoxy) is 1. The molecule has 36 heavy (non-hydrogen) atoms. The Bertz CT molecular complexity index is 988. The molecule has 6 nitrogen and oxygen atoms in total. The molecule has 0 aromatic heterocycles. The Hall–Kier alpha value is -3.24. The van der Waals surface area contributed by atoms with Gasteiger partial charge in [-0.3, -0.25) is 9.59 Å². The average Bonchev–Trinajstić information content (AvgIpc) is 2.89. The predicted octanol–water partition coefficient (Wildman–Crippen LogP) is 5.58.